The second-order valence-corrected chi connectivity index (χ2v) is 10.8. The minimum Gasteiger partial charge on any atom is -0.466 e. The van der Waals surface area contributed by atoms with E-state index in [1.54, 1.807) is 24.1 Å². The van der Waals surface area contributed by atoms with E-state index in [-0.39, 0.29) is 23.4 Å². The van der Waals surface area contributed by atoms with Crippen molar-refractivity contribution in [2.24, 2.45) is 5.92 Å². The van der Waals surface area contributed by atoms with Crippen molar-refractivity contribution >= 4 is 57.7 Å². The first kappa shape index (κ1) is 26.3. The molecule has 8 nitrogen and oxygen atoms in total. The maximum atomic E-state index is 13.7. The highest BCUT2D eigenvalue weighted by atomic mass is 32.2. The van der Waals surface area contributed by atoms with Crippen LogP contribution in [0.25, 0.3) is 11.7 Å². The molecule has 2 fully saturated rings. The molecule has 2 aromatic rings. The smallest absolute Gasteiger partial charge is 0.309 e. The highest BCUT2D eigenvalue weighted by Gasteiger charge is 2.33. The largest absolute Gasteiger partial charge is 0.466 e. The van der Waals surface area contributed by atoms with Gasteiger partial charge in [-0.05, 0) is 50.8 Å². The molecule has 1 amide bonds. The number of aromatic nitrogens is 2. The molecule has 0 unspecified atom stereocenters. The number of piperidine rings is 1. The number of nitrogens with zero attached hydrogens (tertiary/aromatic N) is 4. The molecule has 0 aliphatic carbocycles. The number of thioether (sulfide) groups is 1. The maximum Gasteiger partial charge on any atom is 0.309 e. The van der Waals surface area contributed by atoms with Crippen molar-refractivity contribution < 1.29 is 14.3 Å². The Balaban J connectivity index is 1.71. The van der Waals surface area contributed by atoms with E-state index < -0.39 is 0 Å². The van der Waals surface area contributed by atoms with Crippen molar-refractivity contribution in [1.82, 2.24) is 14.3 Å². The molecule has 0 N–H and O–H groups in total. The number of ether oxygens (including phenoxy) is 1. The predicted molar refractivity (Wildman–Crippen MR) is 147 cm³/mol. The fraction of sp³-hybridized carbons (Fsp3) is 0.500. The number of carbonyl (C=O) groups excluding carboxylic acids is 2. The summed E-state index contributed by atoms with van der Waals surface area (Å²) in [5.74, 6) is 0.0356. The van der Waals surface area contributed by atoms with Gasteiger partial charge < -0.3 is 9.64 Å². The summed E-state index contributed by atoms with van der Waals surface area (Å²) in [4.78, 5) is 48.1. The standard InChI is InChI=1S/C26H32N4O4S2/c1-4-6-7-12-30-24(32)20(36-26(30)35)16-19-22(27-21-17(3)9-8-13-29(21)23(19)31)28-14-10-18(11-15-28)25(33)34-5-2/h8-9,13,16,18H,4-7,10-12,14-15H2,1-3H3. The van der Waals surface area contributed by atoms with Crippen molar-refractivity contribution in [2.75, 3.05) is 31.1 Å². The lowest BCUT2D eigenvalue weighted by Crippen LogP contribution is -2.39. The van der Waals surface area contributed by atoms with Gasteiger partial charge in [0.2, 0.25) is 0 Å². The topological polar surface area (TPSA) is 84.2 Å². The lowest BCUT2D eigenvalue weighted by atomic mass is 9.96. The molecule has 2 saturated heterocycles. The molecule has 10 heteroatoms. The molecule has 4 heterocycles. The van der Waals surface area contributed by atoms with Crippen molar-refractivity contribution in [2.45, 2.75) is 52.9 Å². The van der Waals surface area contributed by atoms with Gasteiger partial charge in [0.15, 0.2) is 0 Å². The van der Waals surface area contributed by atoms with Gasteiger partial charge in [-0.25, -0.2) is 4.98 Å². The minimum absolute atomic E-state index is 0.160. The van der Waals surface area contributed by atoms with Gasteiger partial charge in [0.1, 0.15) is 15.8 Å². The fourth-order valence-corrected chi connectivity index (χ4v) is 5.89. The Hall–Kier alpha value is -2.72. The molecule has 2 aliphatic rings. The first-order valence-corrected chi connectivity index (χ1v) is 13.8. The van der Waals surface area contributed by atoms with Gasteiger partial charge in [-0.3, -0.25) is 23.7 Å². The number of fused-ring (bicyclic) bond motifs is 1. The zero-order valence-electron chi connectivity index (χ0n) is 21.0. The molecule has 192 valence electrons. The van der Waals surface area contributed by atoms with Crippen LogP contribution in [0.3, 0.4) is 0 Å². The number of anilines is 1. The van der Waals surface area contributed by atoms with Crippen molar-refractivity contribution in [1.29, 1.82) is 0 Å². The number of aryl methyl sites for hydroxylation is 1. The summed E-state index contributed by atoms with van der Waals surface area (Å²) in [7, 11) is 0. The van der Waals surface area contributed by atoms with Gasteiger partial charge in [0.05, 0.1) is 23.0 Å². The Bertz CT molecular complexity index is 1260. The van der Waals surface area contributed by atoms with E-state index in [1.807, 2.05) is 24.0 Å². The molecule has 36 heavy (non-hydrogen) atoms. The lowest BCUT2D eigenvalue weighted by Gasteiger charge is -2.32. The fourth-order valence-electron chi connectivity index (χ4n) is 4.60. The average Bonchev–Trinajstić information content (AvgIpc) is 3.14. The Morgan fingerprint density at radius 1 is 1.25 bits per heavy atom. The van der Waals surface area contributed by atoms with E-state index >= 15 is 0 Å². The Labute approximate surface area is 220 Å². The minimum atomic E-state index is -0.234. The van der Waals surface area contributed by atoms with Crippen LogP contribution in [0.2, 0.25) is 0 Å². The second kappa shape index (κ2) is 11.6. The van der Waals surface area contributed by atoms with Crippen LogP contribution < -0.4 is 10.5 Å². The van der Waals surface area contributed by atoms with Crippen LogP contribution >= 0.6 is 24.0 Å². The van der Waals surface area contributed by atoms with Crippen LogP contribution in [0.5, 0.6) is 0 Å². The molecule has 0 spiro atoms. The molecule has 0 bridgehead atoms. The van der Waals surface area contributed by atoms with Gasteiger partial charge in [0, 0.05) is 25.8 Å². The molecular formula is C26H32N4O4S2. The van der Waals surface area contributed by atoms with Crippen LogP contribution in [0, 0.1) is 12.8 Å². The predicted octanol–water partition coefficient (Wildman–Crippen LogP) is 4.17. The number of rotatable bonds is 8. The van der Waals surface area contributed by atoms with Crippen LogP contribution in [-0.2, 0) is 14.3 Å². The Morgan fingerprint density at radius 3 is 2.69 bits per heavy atom. The number of carbonyl (C=O) groups is 2. The average molecular weight is 529 g/mol. The van der Waals surface area contributed by atoms with Crippen molar-refractivity contribution in [3.05, 3.63) is 44.7 Å². The summed E-state index contributed by atoms with van der Waals surface area (Å²) in [5, 5.41) is 0. The molecular weight excluding hydrogens is 496 g/mol. The Kier molecular flexibility index (Phi) is 8.46. The number of pyridine rings is 1. The van der Waals surface area contributed by atoms with Crippen molar-refractivity contribution in [3.63, 3.8) is 0 Å². The monoisotopic (exact) mass is 528 g/mol. The third-order valence-electron chi connectivity index (χ3n) is 6.61. The summed E-state index contributed by atoms with van der Waals surface area (Å²) in [5.41, 5.74) is 1.59. The van der Waals surface area contributed by atoms with E-state index in [1.165, 1.54) is 16.2 Å². The zero-order chi connectivity index (χ0) is 25.8. The molecule has 0 radical (unpaired) electrons. The first-order valence-electron chi connectivity index (χ1n) is 12.5. The summed E-state index contributed by atoms with van der Waals surface area (Å²) in [6.45, 7) is 7.91. The number of amides is 1. The highest BCUT2D eigenvalue weighted by Crippen LogP contribution is 2.34. The van der Waals surface area contributed by atoms with Crippen LogP contribution in [0.4, 0.5) is 5.82 Å². The number of hydrogen-bond acceptors (Lipinski definition) is 8. The van der Waals surface area contributed by atoms with Gasteiger partial charge in [-0.1, -0.05) is 49.8 Å². The molecule has 2 aromatic heterocycles. The lowest BCUT2D eigenvalue weighted by molar-refractivity contribution is -0.148. The van der Waals surface area contributed by atoms with E-state index in [2.05, 4.69) is 6.92 Å². The number of thiocarbonyl (C=S) groups is 1. The second-order valence-electron chi connectivity index (χ2n) is 9.09. The molecule has 0 saturated carbocycles. The number of unbranched alkanes of at least 4 members (excludes halogenated alkanes) is 2. The Morgan fingerprint density at radius 2 is 2.00 bits per heavy atom. The van der Waals surface area contributed by atoms with Crippen LogP contribution in [-0.4, -0.2) is 56.7 Å². The molecule has 0 aromatic carbocycles. The van der Waals surface area contributed by atoms with E-state index in [0.717, 1.165) is 24.8 Å². The molecule has 0 atom stereocenters. The SMILES string of the molecule is CCCCCN1C(=O)C(=Cc2c(N3CCC(C(=O)OCC)CC3)nc3c(C)cccn3c2=O)SC1=S. The summed E-state index contributed by atoms with van der Waals surface area (Å²) >= 11 is 6.71. The van der Waals surface area contributed by atoms with E-state index in [9.17, 15) is 14.4 Å². The van der Waals surface area contributed by atoms with Crippen LogP contribution in [0.1, 0.15) is 57.1 Å². The maximum absolute atomic E-state index is 13.7. The molecule has 4 rings (SSSR count). The van der Waals surface area contributed by atoms with Gasteiger partial charge in [-0.15, -0.1) is 0 Å². The van der Waals surface area contributed by atoms with Crippen LogP contribution in [0.15, 0.2) is 28.0 Å². The van der Waals surface area contributed by atoms with Gasteiger partial charge in [0.25, 0.3) is 11.5 Å². The molecule has 2 aliphatic heterocycles. The van der Waals surface area contributed by atoms with E-state index in [0.29, 0.717) is 65.3 Å². The normalized spacial score (nSPS) is 18.0. The zero-order valence-corrected chi connectivity index (χ0v) is 22.6. The van der Waals surface area contributed by atoms with Gasteiger partial charge >= 0.3 is 5.97 Å². The summed E-state index contributed by atoms with van der Waals surface area (Å²) in [6, 6.07) is 3.73. The summed E-state index contributed by atoms with van der Waals surface area (Å²) in [6.07, 6.45) is 7.55. The van der Waals surface area contributed by atoms with Gasteiger partial charge in [-0.2, -0.15) is 0 Å². The quantitative estimate of drug-likeness (QED) is 0.218. The number of hydrogen-bond donors (Lipinski definition) is 0. The third kappa shape index (κ3) is 5.34. The van der Waals surface area contributed by atoms with E-state index in [4.69, 9.17) is 21.9 Å². The summed E-state index contributed by atoms with van der Waals surface area (Å²) < 4.78 is 7.24. The number of esters is 1. The van der Waals surface area contributed by atoms with Crippen molar-refractivity contribution in [3.8, 4) is 0 Å². The third-order valence-corrected chi connectivity index (χ3v) is 7.99. The highest BCUT2D eigenvalue weighted by molar-refractivity contribution is 8.26. The first-order chi connectivity index (χ1) is 17.3.